The van der Waals surface area contributed by atoms with E-state index in [9.17, 15) is 9.59 Å². The van der Waals surface area contributed by atoms with E-state index >= 15 is 0 Å². The lowest BCUT2D eigenvalue weighted by molar-refractivity contribution is -0.123. The van der Waals surface area contributed by atoms with E-state index in [0.717, 1.165) is 5.56 Å². The van der Waals surface area contributed by atoms with Crippen LogP contribution in [0.2, 0.25) is 10.0 Å². The Bertz CT molecular complexity index is 766. The van der Waals surface area contributed by atoms with E-state index in [2.05, 4.69) is 10.6 Å². The van der Waals surface area contributed by atoms with Gasteiger partial charge in [0.25, 0.3) is 5.91 Å². The molecule has 2 aromatic rings. The minimum atomic E-state index is -0.241. The Labute approximate surface area is 156 Å². The summed E-state index contributed by atoms with van der Waals surface area (Å²) in [7, 11) is 0. The highest BCUT2D eigenvalue weighted by Gasteiger charge is 2.05. The summed E-state index contributed by atoms with van der Waals surface area (Å²) in [6, 6.07) is 12.1. The van der Waals surface area contributed by atoms with Crippen LogP contribution >= 0.6 is 23.2 Å². The molecule has 2 N–H and O–H groups in total. The molecular weight excluding hydrogens is 363 g/mol. The van der Waals surface area contributed by atoms with Crippen molar-refractivity contribution in [3.05, 3.63) is 58.1 Å². The number of ether oxygens (including phenoxy) is 1. The Kier molecular flexibility index (Phi) is 7.10. The zero-order valence-electron chi connectivity index (χ0n) is 13.6. The molecule has 25 heavy (non-hydrogen) atoms. The van der Waals surface area contributed by atoms with Crippen molar-refractivity contribution in [3.8, 4) is 5.75 Å². The van der Waals surface area contributed by atoms with Crippen LogP contribution in [-0.4, -0.2) is 25.0 Å². The van der Waals surface area contributed by atoms with Crippen LogP contribution in [0.4, 0.5) is 5.69 Å². The number of benzene rings is 2. The summed E-state index contributed by atoms with van der Waals surface area (Å²) >= 11 is 11.9. The van der Waals surface area contributed by atoms with Gasteiger partial charge in [-0.3, -0.25) is 9.59 Å². The highest BCUT2D eigenvalue weighted by atomic mass is 35.5. The number of carbonyl (C=O) groups is 2. The van der Waals surface area contributed by atoms with Gasteiger partial charge in [0.15, 0.2) is 6.61 Å². The van der Waals surface area contributed by atoms with Crippen LogP contribution in [0.1, 0.15) is 12.5 Å². The standard InChI is InChI=1S/C18H18Cl2N2O3/c1-12(23)22-15-3-2-4-16(10-15)25-11-18(24)21-8-7-13-5-6-14(19)9-17(13)20/h2-6,9-10H,7-8,11H2,1H3,(H,21,24)(H,22,23). The molecule has 0 saturated heterocycles. The van der Waals surface area contributed by atoms with Gasteiger partial charge in [-0.2, -0.15) is 0 Å². The van der Waals surface area contributed by atoms with Crippen LogP contribution in [0.15, 0.2) is 42.5 Å². The predicted molar refractivity (Wildman–Crippen MR) is 99.4 cm³/mol. The molecule has 7 heteroatoms. The molecule has 0 radical (unpaired) electrons. The van der Waals surface area contributed by atoms with Gasteiger partial charge in [0.1, 0.15) is 5.75 Å². The first-order valence-corrected chi connectivity index (χ1v) is 8.41. The highest BCUT2D eigenvalue weighted by molar-refractivity contribution is 6.35. The topological polar surface area (TPSA) is 67.4 Å². The first kappa shape index (κ1) is 19.1. The van der Waals surface area contributed by atoms with Crippen LogP contribution in [0, 0.1) is 0 Å². The Balaban J connectivity index is 1.76. The normalized spacial score (nSPS) is 10.2. The van der Waals surface area contributed by atoms with E-state index in [1.807, 2.05) is 6.07 Å². The number of rotatable bonds is 7. The van der Waals surface area contributed by atoms with Crippen molar-refractivity contribution in [3.63, 3.8) is 0 Å². The molecule has 0 aliphatic rings. The molecule has 0 unspecified atom stereocenters. The van der Waals surface area contributed by atoms with Gasteiger partial charge in [-0.25, -0.2) is 0 Å². The molecule has 0 aliphatic heterocycles. The van der Waals surface area contributed by atoms with Crippen molar-refractivity contribution in [2.45, 2.75) is 13.3 Å². The Hall–Kier alpha value is -2.24. The predicted octanol–water partition coefficient (Wildman–Crippen LogP) is 3.69. The number of amides is 2. The minimum absolute atomic E-state index is 0.113. The maximum atomic E-state index is 11.8. The molecule has 5 nitrogen and oxygen atoms in total. The molecule has 0 fully saturated rings. The quantitative estimate of drug-likeness (QED) is 0.769. The molecule has 2 amide bonds. The third kappa shape index (κ3) is 6.64. The van der Waals surface area contributed by atoms with E-state index in [-0.39, 0.29) is 18.4 Å². The van der Waals surface area contributed by atoms with Crippen LogP contribution in [-0.2, 0) is 16.0 Å². The number of anilines is 1. The van der Waals surface area contributed by atoms with Gasteiger partial charge in [-0.1, -0.05) is 35.3 Å². The molecule has 0 aromatic heterocycles. The molecule has 132 valence electrons. The third-order valence-corrected chi connectivity index (χ3v) is 3.84. The van der Waals surface area contributed by atoms with Crippen LogP contribution in [0.5, 0.6) is 5.75 Å². The summed E-state index contributed by atoms with van der Waals surface area (Å²) in [4.78, 5) is 22.9. The maximum Gasteiger partial charge on any atom is 0.257 e. The zero-order valence-corrected chi connectivity index (χ0v) is 15.2. The Morgan fingerprint density at radius 1 is 1.12 bits per heavy atom. The molecular formula is C18H18Cl2N2O3. The lowest BCUT2D eigenvalue weighted by Gasteiger charge is -2.09. The second-order valence-corrected chi connectivity index (χ2v) is 6.18. The van der Waals surface area contributed by atoms with E-state index in [0.29, 0.717) is 34.4 Å². The molecule has 2 rings (SSSR count). The van der Waals surface area contributed by atoms with Crippen LogP contribution in [0.25, 0.3) is 0 Å². The average Bonchev–Trinajstić information content (AvgIpc) is 2.55. The van der Waals surface area contributed by atoms with E-state index < -0.39 is 0 Å². The fraction of sp³-hybridized carbons (Fsp3) is 0.222. The summed E-state index contributed by atoms with van der Waals surface area (Å²) in [5.41, 5.74) is 1.53. The monoisotopic (exact) mass is 380 g/mol. The van der Waals surface area contributed by atoms with Crippen molar-refractivity contribution in [2.75, 3.05) is 18.5 Å². The lowest BCUT2D eigenvalue weighted by Crippen LogP contribution is -2.30. The van der Waals surface area contributed by atoms with E-state index in [4.69, 9.17) is 27.9 Å². The lowest BCUT2D eigenvalue weighted by atomic mass is 10.1. The zero-order chi connectivity index (χ0) is 18.2. The molecule has 0 aliphatic carbocycles. The highest BCUT2D eigenvalue weighted by Crippen LogP contribution is 2.21. The Morgan fingerprint density at radius 3 is 2.64 bits per heavy atom. The number of hydrogen-bond acceptors (Lipinski definition) is 3. The Morgan fingerprint density at radius 2 is 1.92 bits per heavy atom. The summed E-state index contributed by atoms with van der Waals surface area (Å²) in [6.45, 7) is 1.75. The van der Waals surface area contributed by atoms with Crippen molar-refractivity contribution in [1.82, 2.24) is 5.32 Å². The smallest absolute Gasteiger partial charge is 0.257 e. The summed E-state index contributed by atoms with van der Waals surface area (Å²) < 4.78 is 5.43. The maximum absolute atomic E-state index is 11.8. The number of halogens is 2. The molecule has 0 heterocycles. The SMILES string of the molecule is CC(=O)Nc1cccc(OCC(=O)NCCc2ccc(Cl)cc2Cl)c1. The van der Waals surface area contributed by atoms with Gasteiger partial charge >= 0.3 is 0 Å². The van der Waals surface area contributed by atoms with Gasteiger partial charge < -0.3 is 15.4 Å². The summed E-state index contributed by atoms with van der Waals surface area (Å²) in [6.07, 6.45) is 0.597. The fourth-order valence-corrected chi connectivity index (χ4v) is 2.63. The van der Waals surface area contributed by atoms with Crippen molar-refractivity contribution in [2.24, 2.45) is 0 Å². The van der Waals surface area contributed by atoms with Crippen molar-refractivity contribution < 1.29 is 14.3 Å². The molecule has 0 bridgehead atoms. The van der Waals surface area contributed by atoms with Gasteiger partial charge in [0, 0.05) is 35.3 Å². The van der Waals surface area contributed by atoms with E-state index in [1.54, 1.807) is 36.4 Å². The first-order valence-electron chi connectivity index (χ1n) is 7.65. The minimum Gasteiger partial charge on any atom is -0.484 e. The van der Waals surface area contributed by atoms with Crippen molar-refractivity contribution >= 4 is 40.7 Å². The van der Waals surface area contributed by atoms with Gasteiger partial charge in [0.05, 0.1) is 0 Å². The van der Waals surface area contributed by atoms with Gasteiger partial charge in [-0.15, -0.1) is 0 Å². The molecule has 0 spiro atoms. The first-order chi connectivity index (χ1) is 11.9. The number of nitrogens with one attached hydrogen (secondary N) is 2. The van der Waals surface area contributed by atoms with Crippen LogP contribution in [0.3, 0.4) is 0 Å². The summed E-state index contributed by atoms with van der Waals surface area (Å²) in [5, 5.41) is 6.57. The fourth-order valence-electron chi connectivity index (χ4n) is 2.13. The molecule has 0 atom stereocenters. The van der Waals surface area contributed by atoms with Gasteiger partial charge in [-0.05, 0) is 36.2 Å². The average molecular weight is 381 g/mol. The molecule has 2 aromatic carbocycles. The third-order valence-electron chi connectivity index (χ3n) is 3.26. The summed E-state index contributed by atoms with van der Waals surface area (Å²) in [5.74, 6) is 0.0907. The second-order valence-electron chi connectivity index (χ2n) is 5.33. The number of carbonyl (C=O) groups excluding carboxylic acids is 2. The van der Waals surface area contributed by atoms with Crippen LogP contribution < -0.4 is 15.4 Å². The van der Waals surface area contributed by atoms with Gasteiger partial charge in [0.2, 0.25) is 5.91 Å². The molecule has 0 saturated carbocycles. The largest absolute Gasteiger partial charge is 0.484 e. The van der Waals surface area contributed by atoms with Crippen molar-refractivity contribution in [1.29, 1.82) is 0 Å². The number of hydrogen-bond donors (Lipinski definition) is 2. The van der Waals surface area contributed by atoms with E-state index in [1.165, 1.54) is 6.92 Å². The second kappa shape index (κ2) is 9.30.